The minimum Gasteiger partial charge on any atom is -0.480 e. The van der Waals surface area contributed by atoms with Crippen molar-refractivity contribution >= 4 is 17.5 Å². The van der Waals surface area contributed by atoms with E-state index in [1.54, 1.807) is 0 Å². The Labute approximate surface area is 171 Å². The maximum Gasteiger partial charge on any atom is 0.264 e. The first-order chi connectivity index (χ1) is 14.1. The first-order valence-corrected chi connectivity index (χ1v) is 10.3. The molecule has 1 N–H and O–H groups in total. The molecule has 0 spiro atoms. The molecule has 2 aliphatic heterocycles. The Balaban J connectivity index is 1.25. The molecule has 2 amide bonds. The fraction of sp³-hybridized carbons (Fsp3) is 0.391. The molecule has 1 atom stereocenters. The molecule has 2 aliphatic rings. The predicted octanol–water partition coefficient (Wildman–Crippen LogP) is 2.34. The van der Waals surface area contributed by atoms with E-state index in [1.165, 1.54) is 0 Å². The van der Waals surface area contributed by atoms with Crippen LogP contribution in [0.2, 0.25) is 0 Å². The van der Waals surface area contributed by atoms with E-state index in [9.17, 15) is 9.59 Å². The highest BCUT2D eigenvalue weighted by molar-refractivity contribution is 5.93. The number of carbonyl (C=O) groups excluding carboxylic acids is 2. The molecule has 0 radical (unpaired) electrons. The lowest BCUT2D eigenvalue weighted by Gasteiger charge is -2.35. The molecule has 2 aromatic rings. The molecule has 1 fully saturated rings. The molecule has 0 aliphatic carbocycles. The van der Waals surface area contributed by atoms with Crippen LogP contribution in [0.1, 0.15) is 18.1 Å². The van der Waals surface area contributed by atoms with Gasteiger partial charge in [-0.3, -0.25) is 14.5 Å². The summed E-state index contributed by atoms with van der Waals surface area (Å²) in [5.74, 6) is 0.843. The smallest absolute Gasteiger partial charge is 0.264 e. The quantitative estimate of drug-likeness (QED) is 0.847. The van der Waals surface area contributed by atoms with Crippen molar-refractivity contribution in [1.29, 1.82) is 0 Å². The third-order valence-corrected chi connectivity index (χ3v) is 5.65. The Bertz CT molecular complexity index is 865. The molecule has 1 saturated heterocycles. The van der Waals surface area contributed by atoms with E-state index < -0.39 is 6.10 Å². The van der Waals surface area contributed by atoms with Crippen molar-refractivity contribution in [2.75, 3.05) is 38.0 Å². The van der Waals surface area contributed by atoms with E-state index in [2.05, 4.69) is 17.1 Å². The number of amides is 2. The van der Waals surface area contributed by atoms with Crippen molar-refractivity contribution in [3.63, 3.8) is 0 Å². The molecule has 29 heavy (non-hydrogen) atoms. The van der Waals surface area contributed by atoms with Crippen molar-refractivity contribution in [3.8, 4) is 5.75 Å². The largest absolute Gasteiger partial charge is 0.480 e. The number of benzene rings is 2. The van der Waals surface area contributed by atoms with Gasteiger partial charge < -0.3 is 15.0 Å². The van der Waals surface area contributed by atoms with Crippen LogP contribution in [0.25, 0.3) is 0 Å². The molecule has 2 heterocycles. The van der Waals surface area contributed by atoms with Crippen molar-refractivity contribution in [1.82, 2.24) is 9.80 Å². The third kappa shape index (κ3) is 4.43. The minimum atomic E-state index is -0.423. The number of aryl methyl sites for hydroxylation is 1. The number of piperazine rings is 1. The molecule has 152 valence electrons. The van der Waals surface area contributed by atoms with E-state index >= 15 is 0 Å². The molecular weight excluding hydrogens is 366 g/mol. The van der Waals surface area contributed by atoms with Gasteiger partial charge in [0.1, 0.15) is 5.75 Å². The topological polar surface area (TPSA) is 61.9 Å². The van der Waals surface area contributed by atoms with Crippen LogP contribution in [0.3, 0.4) is 0 Å². The highest BCUT2D eigenvalue weighted by Gasteiger charge is 2.33. The number of fused-ring (bicyclic) bond motifs is 1. The zero-order chi connectivity index (χ0) is 20.2. The zero-order valence-electron chi connectivity index (χ0n) is 16.8. The van der Waals surface area contributed by atoms with Gasteiger partial charge in [-0.15, -0.1) is 0 Å². The number of rotatable bonds is 5. The van der Waals surface area contributed by atoms with Gasteiger partial charge in [-0.2, -0.15) is 0 Å². The summed E-state index contributed by atoms with van der Waals surface area (Å²) < 4.78 is 5.83. The molecule has 0 aromatic heterocycles. The van der Waals surface area contributed by atoms with Crippen LogP contribution in [-0.2, 0) is 22.4 Å². The fourth-order valence-corrected chi connectivity index (χ4v) is 3.99. The second-order valence-corrected chi connectivity index (χ2v) is 7.58. The van der Waals surface area contributed by atoms with E-state index in [4.69, 9.17) is 4.74 Å². The van der Waals surface area contributed by atoms with Gasteiger partial charge in [0, 0.05) is 38.3 Å². The Morgan fingerprint density at radius 1 is 1.03 bits per heavy atom. The normalized spacial score (nSPS) is 18.8. The summed E-state index contributed by atoms with van der Waals surface area (Å²) in [7, 11) is 0. The molecule has 4 rings (SSSR count). The van der Waals surface area contributed by atoms with Gasteiger partial charge in [0.25, 0.3) is 5.91 Å². The maximum atomic E-state index is 12.8. The SMILES string of the molecule is CCc1ccccc1NC(=O)CN1CCN(C(=O)[C@@H]2Cc3ccccc3O2)CC1. The van der Waals surface area contributed by atoms with Crippen LogP contribution in [0.5, 0.6) is 5.75 Å². The number of nitrogens with one attached hydrogen (secondary N) is 1. The van der Waals surface area contributed by atoms with Gasteiger partial charge in [0.15, 0.2) is 6.10 Å². The summed E-state index contributed by atoms with van der Waals surface area (Å²) in [6.07, 6.45) is 1.09. The van der Waals surface area contributed by atoms with Crippen LogP contribution >= 0.6 is 0 Å². The first kappa shape index (κ1) is 19.5. The highest BCUT2D eigenvalue weighted by atomic mass is 16.5. The Morgan fingerprint density at radius 2 is 1.76 bits per heavy atom. The number of anilines is 1. The molecule has 0 saturated carbocycles. The second-order valence-electron chi connectivity index (χ2n) is 7.58. The number of hydrogen-bond donors (Lipinski definition) is 1. The predicted molar refractivity (Wildman–Crippen MR) is 112 cm³/mol. The van der Waals surface area contributed by atoms with Gasteiger partial charge in [0.2, 0.25) is 5.91 Å². The zero-order valence-corrected chi connectivity index (χ0v) is 16.8. The molecule has 6 heteroatoms. The van der Waals surface area contributed by atoms with E-state index in [0.29, 0.717) is 39.1 Å². The molecule has 0 bridgehead atoms. The Kier molecular flexibility index (Phi) is 5.81. The monoisotopic (exact) mass is 393 g/mol. The van der Waals surface area contributed by atoms with Crippen molar-refractivity contribution in [3.05, 3.63) is 59.7 Å². The number of carbonyl (C=O) groups is 2. The fourth-order valence-electron chi connectivity index (χ4n) is 3.99. The maximum absolute atomic E-state index is 12.8. The molecular formula is C23H27N3O3. The number of hydrogen-bond acceptors (Lipinski definition) is 4. The van der Waals surface area contributed by atoms with Crippen LogP contribution in [-0.4, -0.2) is 60.4 Å². The standard InChI is InChI=1S/C23H27N3O3/c1-2-17-7-3-5-9-19(17)24-22(27)16-25-11-13-26(14-12-25)23(28)21-15-18-8-4-6-10-20(18)29-21/h3-10,21H,2,11-16H2,1H3,(H,24,27)/t21-/m0/s1. The minimum absolute atomic E-state index is 0.0137. The van der Waals surface area contributed by atoms with Crippen LogP contribution in [0.15, 0.2) is 48.5 Å². The second kappa shape index (κ2) is 8.66. The molecule has 0 unspecified atom stereocenters. The number of nitrogens with zero attached hydrogens (tertiary/aromatic N) is 2. The lowest BCUT2D eigenvalue weighted by molar-refractivity contribution is -0.139. The van der Waals surface area contributed by atoms with Gasteiger partial charge in [-0.25, -0.2) is 0 Å². The highest BCUT2D eigenvalue weighted by Crippen LogP contribution is 2.29. The van der Waals surface area contributed by atoms with Crippen molar-refractivity contribution in [2.24, 2.45) is 0 Å². The van der Waals surface area contributed by atoms with Gasteiger partial charge in [0.05, 0.1) is 6.54 Å². The lowest BCUT2D eigenvalue weighted by atomic mass is 10.1. The van der Waals surface area contributed by atoms with Gasteiger partial charge in [-0.1, -0.05) is 43.3 Å². The van der Waals surface area contributed by atoms with Crippen LogP contribution < -0.4 is 10.1 Å². The first-order valence-electron chi connectivity index (χ1n) is 10.3. The average molecular weight is 393 g/mol. The summed E-state index contributed by atoms with van der Waals surface area (Å²) in [6.45, 7) is 5.03. The number of ether oxygens (including phenoxy) is 1. The van der Waals surface area contributed by atoms with E-state index in [1.807, 2.05) is 53.4 Å². The van der Waals surface area contributed by atoms with Gasteiger partial charge in [-0.05, 0) is 29.7 Å². The number of para-hydroxylation sites is 2. The Morgan fingerprint density at radius 3 is 2.52 bits per heavy atom. The lowest BCUT2D eigenvalue weighted by Crippen LogP contribution is -2.53. The van der Waals surface area contributed by atoms with E-state index in [-0.39, 0.29) is 11.8 Å². The van der Waals surface area contributed by atoms with Crippen LogP contribution in [0.4, 0.5) is 5.69 Å². The summed E-state index contributed by atoms with van der Waals surface area (Å²) in [5.41, 5.74) is 3.11. The summed E-state index contributed by atoms with van der Waals surface area (Å²) in [6, 6.07) is 15.7. The summed E-state index contributed by atoms with van der Waals surface area (Å²) >= 11 is 0. The Hall–Kier alpha value is -2.86. The summed E-state index contributed by atoms with van der Waals surface area (Å²) in [5, 5.41) is 3.02. The third-order valence-electron chi connectivity index (χ3n) is 5.65. The van der Waals surface area contributed by atoms with Gasteiger partial charge >= 0.3 is 0 Å². The van der Waals surface area contributed by atoms with E-state index in [0.717, 1.165) is 29.0 Å². The van der Waals surface area contributed by atoms with Crippen molar-refractivity contribution in [2.45, 2.75) is 25.9 Å². The molecule has 2 aromatic carbocycles. The van der Waals surface area contributed by atoms with Crippen LogP contribution in [0, 0.1) is 0 Å². The molecule has 6 nitrogen and oxygen atoms in total. The average Bonchev–Trinajstić information content (AvgIpc) is 3.18. The van der Waals surface area contributed by atoms with Crippen molar-refractivity contribution < 1.29 is 14.3 Å². The summed E-state index contributed by atoms with van der Waals surface area (Å²) in [4.78, 5) is 29.2.